The fourth-order valence-corrected chi connectivity index (χ4v) is 0.735. The highest BCUT2D eigenvalue weighted by Gasteiger charge is 2.27. The van der Waals surface area contributed by atoms with Crippen LogP contribution in [0.3, 0.4) is 0 Å². The standard InChI is InChI=1S/C11H21NO4/c1-10(2,3)15-8(13)12(7)9(14)16-11(4,5)6/h1-7H3. The molecule has 0 aliphatic carbocycles. The fraction of sp³-hybridized carbons (Fsp3) is 0.818. The van der Waals surface area contributed by atoms with Gasteiger partial charge >= 0.3 is 12.2 Å². The van der Waals surface area contributed by atoms with E-state index in [1.54, 1.807) is 41.5 Å². The van der Waals surface area contributed by atoms with Crippen molar-refractivity contribution in [3.8, 4) is 0 Å². The summed E-state index contributed by atoms with van der Waals surface area (Å²) in [7, 11) is 1.32. The van der Waals surface area contributed by atoms with Gasteiger partial charge < -0.3 is 9.47 Å². The third kappa shape index (κ3) is 6.27. The van der Waals surface area contributed by atoms with Crippen molar-refractivity contribution in [2.45, 2.75) is 52.7 Å². The largest absolute Gasteiger partial charge is 0.443 e. The molecule has 0 unspecified atom stereocenters. The summed E-state index contributed by atoms with van der Waals surface area (Å²) in [6, 6.07) is 0. The molecule has 0 fully saturated rings. The van der Waals surface area contributed by atoms with Crippen LogP contribution in [0.5, 0.6) is 0 Å². The lowest BCUT2D eigenvalue weighted by Gasteiger charge is -2.26. The highest BCUT2D eigenvalue weighted by Crippen LogP contribution is 2.12. The van der Waals surface area contributed by atoms with Gasteiger partial charge in [-0.1, -0.05) is 0 Å². The molecule has 5 heteroatoms. The Hall–Kier alpha value is -1.26. The minimum absolute atomic E-state index is 0.632. The van der Waals surface area contributed by atoms with Gasteiger partial charge in [0, 0.05) is 7.05 Å². The van der Waals surface area contributed by atoms with E-state index in [9.17, 15) is 9.59 Å². The SMILES string of the molecule is CN(C(=O)OC(C)(C)C)C(=O)OC(C)(C)C. The first kappa shape index (κ1) is 14.7. The maximum Gasteiger partial charge on any atom is 0.419 e. The predicted octanol–water partition coefficient (Wildman–Crippen LogP) is 2.79. The fourth-order valence-electron chi connectivity index (χ4n) is 0.735. The van der Waals surface area contributed by atoms with Crippen molar-refractivity contribution in [2.75, 3.05) is 7.05 Å². The number of carbonyl (C=O) groups excluding carboxylic acids is 2. The number of hydrogen-bond acceptors (Lipinski definition) is 4. The number of carbonyl (C=O) groups is 2. The zero-order valence-corrected chi connectivity index (χ0v) is 11.1. The number of rotatable bonds is 0. The maximum atomic E-state index is 11.5. The number of nitrogens with zero attached hydrogens (tertiary/aromatic N) is 1. The molecular formula is C11H21NO4. The van der Waals surface area contributed by atoms with Gasteiger partial charge in [0.1, 0.15) is 11.2 Å². The predicted molar refractivity (Wildman–Crippen MR) is 60.2 cm³/mol. The molecule has 0 radical (unpaired) electrons. The van der Waals surface area contributed by atoms with E-state index in [2.05, 4.69) is 0 Å². The summed E-state index contributed by atoms with van der Waals surface area (Å²) < 4.78 is 10.0. The lowest BCUT2D eigenvalue weighted by molar-refractivity contribution is 0.00663. The van der Waals surface area contributed by atoms with Gasteiger partial charge in [-0.15, -0.1) is 0 Å². The van der Waals surface area contributed by atoms with Crippen LogP contribution in [-0.4, -0.2) is 35.3 Å². The van der Waals surface area contributed by atoms with Crippen molar-refractivity contribution in [2.24, 2.45) is 0 Å². The van der Waals surface area contributed by atoms with Crippen LogP contribution in [0, 0.1) is 0 Å². The summed E-state index contributed by atoms with van der Waals surface area (Å²) in [6.45, 7) is 10.4. The van der Waals surface area contributed by atoms with E-state index in [0.717, 1.165) is 4.90 Å². The molecule has 0 saturated heterocycles. The number of hydrogen-bond donors (Lipinski definition) is 0. The zero-order valence-electron chi connectivity index (χ0n) is 11.1. The summed E-state index contributed by atoms with van der Waals surface area (Å²) in [6.07, 6.45) is -1.44. The maximum absolute atomic E-state index is 11.5. The van der Waals surface area contributed by atoms with Crippen molar-refractivity contribution in [1.29, 1.82) is 0 Å². The minimum atomic E-state index is -0.721. The Kier molecular flexibility index (Phi) is 4.35. The Bertz CT molecular complexity index is 245. The first-order chi connectivity index (χ1) is 6.92. The normalized spacial score (nSPS) is 11.9. The highest BCUT2D eigenvalue weighted by atomic mass is 16.6. The average Bonchev–Trinajstić information content (AvgIpc) is 1.96. The third-order valence-electron chi connectivity index (χ3n) is 1.33. The van der Waals surface area contributed by atoms with Crippen molar-refractivity contribution in [3.05, 3.63) is 0 Å². The van der Waals surface area contributed by atoms with Crippen LogP contribution in [0.1, 0.15) is 41.5 Å². The van der Waals surface area contributed by atoms with Gasteiger partial charge in [-0.25, -0.2) is 14.5 Å². The first-order valence-corrected chi connectivity index (χ1v) is 5.12. The van der Waals surface area contributed by atoms with Crippen molar-refractivity contribution >= 4 is 12.2 Å². The Morgan fingerprint density at radius 1 is 0.812 bits per heavy atom. The van der Waals surface area contributed by atoms with Gasteiger partial charge in [0.15, 0.2) is 0 Å². The average molecular weight is 231 g/mol. The van der Waals surface area contributed by atoms with Crippen LogP contribution in [0.15, 0.2) is 0 Å². The summed E-state index contributed by atoms with van der Waals surface area (Å²) in [5, 5.41) is 0. The van der Waals surface area contributed by atoms with Crippen LogP contribution in [-0.2, 0) is 9.47 Å². The second kappa shape index (κ2) is 4.72. The third-order valence-corrected chi connectivity index (χ3v) is 1.33. The van der Waals surface area contributed by atoms with E-state index in [1.165, 1.54) is 7.05 Å². The van der Waals surface area contributed by atoms with Crippen LogP contribution in [0.2, 0.25) is 0 Å². The molecule has 0 saturated carbocycles. The van der Waals surface area contributed by atoms with E-state index in [-0.39, 0.29) is 0 Å². The summed E-state index contributed by atoms with van der Waals surface area (Å²) in [4.78, 5) is 23.8. The molecule has 0 aliphatic rings. The Labute approximate surface area is 96.7 Å². The summed E-state index contributed by atoms with van der Waals surface area (Å²) in [5.41, 5.74) is -1.26. The topological polar surface area (TPSA) is 55.8 Å². The smallest absolute Gasteiger partial charge is 0.419 e. The van der Waals surface area contributed by atoms with Gasteiger partial charge in [0.25, 0.3) is 0 Å². The molecule has 0 bridgehead atoms. The molecule has 0 aromatic heterocycles. The van der Waals surface area contributed by atoms with Gasteiger partial charge in [-0.05, 0) is 41.5 Å². The van der Waals surface area contributed by atoms with Gasteiger partial charge in [-0.3, -0.25) is 0 Å². The molecule has 0 heterocycles. The molecule has 0 N–H and O–H groups in total. The van der Waals surface area contributed by atoms with Crippen LogP contribution < -0.4 is 0 Å². The van der Waals surface area contributed by atoms with Crippen molar-refractivity contribution in [3.63, 3.8) is 0 Å². The van der Waals surface area contributed by atoms with E-state index in [4.69, 9.17) is 9.47 Å². The number of ether oxygens (including phenoxy) is 2. The monoisotopic (exact) mass is 231 g/mol. The molecule has 0 rings (SSSR count). The molecule has 0 atom stereocenters. The summed E-state index contributed by atoms with van der Waals surface area (Å²) >= 11 is 0. The first-order valence-electron chi connectivity index (χ1n) is 5.12. The molecule has 0 aliphatic heterocycles. The Morgan fingerprint density at radius 2 is 1.06 bits per heavy atom. The second-order valence-electron chi connectivity index (χ2n) is 5.52. The lowest BCUT2D eigenvalue weighted by atomic mass is 10.2. The van der Waals surface area contributed by atoms with Crippen LogP contribution >= 0.6 is 0 Å². The number of imide groups is 1. The van der Waals surface area contributed by atoms with Crippen LogP contribution in [0.4, 0.5) is 9.59 Å². The van der Waals surface area contributed by atoms with Gasteiger partial charge in [0.2, 0.25) is 0 Å². The zero-order chi connectivity index (χ0) is 13.1. The molecule has 5 nitrogen and oxygen atoms in total. The van der Waals surface area contributed by atoms with Crippen molar-refractivity contribution < 1.29 is 19.1 Å². The van der Waals surface area contributed by atoms with Crippen LogP contribution in [0.25, 0.3) is 0 Å². The lowest BCUT2D eigenvalue weighted by Crippen LogP contribution is -2.41. The molecule has 0 spiro atoms. The van der Waals surface area contributed by atoms with E-state index < -0.39 is 23.4 Å². The molecule has 0 aromatic rings. The van der Waals surface area contributed by atoms with E-state index in [0.29, 0.717) is 0 Å². The van der Waals surface area contributed by atoms with Gasteiger partial charge in [0.05, 0.1) is 0 Å². The minimum Gasteiger partial charge on any atom is -0.443 e. The van der Waals surface area contributed by atoms with Gasteiger partial charge in [-0.2, -0.15) is 0 Å². The molecule has 2 amide bonds. The molecule has 94 valence electrons. The number of amides is 2. The Balaban J connectivity index is 4.40. The molecule has 0 aromatic carbocycles. The quantitative estimate of drug-likeness (QED) is 0.643. The summed E-state index contributed by atoms with van der Waals surface area (Å²) in [5.74, 6) is 0. The Morgan fingerprint density at radius 3 is 1.25 bits per heavy atom. The highest BCUT2D eigenvalue weighted by molar-refractivity contribution is 5.87. The second-order valence-corrected chi connectivity index (χ2v) is 5.52. The van der Waals surface area contributed by atoms with Crippen molar-refractivity contribution in [1.82, 2.24) is 4.90 Å². The molecular weight excluding hydrogens is 210 g/mol. The van der Waals surface area contributed by atoms with E-state index >= 15 is 0 Å². The molecule has 16 heavy (non-hydrogen) atoms. The van der Waals surface area contributed by atoms with E-state index in [1.807, 2.05) is 0 Å².